The number of amides is 1. The van der Waals surface area contributed by atoms with Crippen molar-refractivity contribution < 1.29 is 9.59 Å². The summed E-state index contributed by atoms with van der Waals surface area (Å²) in [6.45, 7) is 0. The molecule has 0 spiro atoms. The predicted octanol–water partition coefficient (Wildman–Crippen LogP) is 7.77. The normalized spacial score (nSPS) is 10.6. The molecule has 0 atom stereocenters. The van der Waals surface area contributed by atoms with Crippen LogP contribution in [0.3, 0.4) is 0 Å². The van der Waals surface area contributed by atoms with Gasteiger partial charge in [0.05, 0.1) is 5.69 Å². The van der Waals surface area contributed by atoms with Crippen LogP contribution in [-0.2, 0) is 5.75 Å². The standard InChI is InChI=1S/C27H19Cl2NO2S/c28-21-10-13-23(14-11-21)33-17-18-6-8-20(9-7-18)27(32)30-25-15-12-22(29)16-24(25)26(31)19-4-2-1-3-5-19/h1-16H,17H2,(H,30,32). The molecule has 0 aliphatic carbocycles. The average molecular weight is 492 g/mol. The van der Waals surface area contributed by atoms with Crippen molar-refractivity contribution in [2.75, 3.05) is 5.32 Å². The van der Waals surface area contributed by atoms with Crippen molar-refractivity contribution >= 4 is 52.3 Å². The lowest BCUT2D eigenvalue weighted by Gasteiger charge is -2.12. The molecule has 1 amide bonds. The molecule has 0 radical (unpaired) electrons. The average Bonchev–Trinajstić information content (AvgIpc) is 2.85. The van der Waals surface area contributed by atoms with E-state index in [1.165, 1.54) is 0 Å². The number of ketones is 1. The zero-order valence-corrected chi connectivity index (χ0v) is 19.8. The molecule has 0 heterocycles. The van der Waals surface area contributed by atoms with Gasteiger partial charge < -0.3 is 5.32 Å². The monoisotopic (exact) mass is 491 g/mol. The topological polar surface area (TPSA) is 46.2 Å². The summed E-state index contributed by atoms with van der Waals surface area (Å²) in [7, 11) is 0. The van der Waals surface area contributed by atoms with Crippen LogP contribution in [-0.4, -0.2) is 11.7 Å². The Morgan fingerprint density at radius 3 is 2.09 bits per heavy atom. The molecule has 4 aromatic rings. The second kappa shape index (κ2) is 10.7. The molecule has 4 rings (SSSR count). The van der Waals surface area contributed by atoms with E-state index in [0.717, 1.165) is 16.2 Å². The number of rotatable bonds is 7. The summed E-state index contributed by atoms with van der Waals surface area (Å²) in [5.41, 5.74) is 2.89. The molecule has 0 bridgehead atoms. The van der Waals surface area contributed by atoms with E-state index in [0.29, 0.717) is 32.4 Å². The van der Waals surface area contributed by atoms with E-state index in [9.17, 15) is 9.59 Å². The summed E-state index contributed by atoms with van der Waals surface area (Å²) in [5.74, 6) is 0.274. The fourth-order valence-electron chi connectivity index (χ4n) is 3.20. The third kappa shape index (κ3) is 6.05. The number of benzene rings is 4. The number of carbonyl (C=O) groups excluding carboxylic acids is 2. The maximum absolute atomic E-state index is 13.0. The SMILES string of the molecule is O=C(Nc1ccc(Cl)cc1C(=O)c1ccccc1)c1ccc(CSc2ccc(Cl)cc2)cc1. The maximum Gasteiger partial charge on any atom is 0.255 e. The predicted molar refractivity (Wildman–Crippen MR) is 137 cm³/mol. The van der Waals surface area contributed by atoms with Crippen LogP contribution in [0.5, 0.6) is 0 Å². The van der Waals surface area contributed by atoms with Crippen LogP contribution in [0.15, 0.2) is 102 Å². The lowest BCUT2D eigenvalue weighted by molar-refractivity contribution is 0.102. The lowest BCUT2D eigenvalue weighted by atomic mass is 10.0. The van der Waals surface area contributed by atoms with Crippen LogP contribution in [0.25, 0.3) is 0 Å². The van der Waals surface area contributed by atoms with Gasteiger partial charge >= 0.3 is 0 Å². The Hall–Kier alpha value is -3.05. The van der Waals surface area contributed by atoms with Crippen molar-refractivity contribution in [3.05, 3.63) is 129 Å². The van der Waals surface area contributed by atoms with Gasteiger partial charge in [0.2, 0.25) is 0 Å². The lowest BCUT2D eigenvalue weighted by Crippen LogP contribution is -2.15. The first-order valence-corrected chi connectivity index (χ1v) is 11.9. The third-order valence-electron chi connectivity index (χ3n) is 4.95. The Morgan fingerprint density at radius 2 is 1.39 bits per heavy atom. The molecule has 0 saturated heterocycles. The number of hydrogen-bond acceptors (Lipinski definition) is 3. The number of carbonyl (C=O) groups is 2. The van der Waals surface area contributed by atoms with Gasteiger partial charge in [-0.25, -0.2) is 0 Å². The molecule has 0 aliphatic rings. The first-order valence-electron chi connectivity index (χ1n) is 10.2. The van der Waals surface area contributed by atoms with Gasteiger partial charge in [-0.05, 0) is 60.2 Å². The zero-order valence-electron chi connectivity index (χ0n) is 17.4. The minimum Gasteiger partial charge on any atom is -0.321 e. The summed E-state index contributed by atoms with van der Waals surface area (Å²) in [5, 5.41) is 3.99. The summed E-state index contributed by atoms with van der Waals surface area (Å²) >= 11 is 13.7. The minimum atomic E-state index is -0.295. The van der Waals surface area contributed by atoms with E-state index >= 15 is 0 Å². The Kier molecular flexibility index (Phi) is 7.50. The highest BCUT2D eigenvalue weighted by molar-refractivity contribution is 7.98. The number of anilines is 1. The van der Waals surface area contributed by atoms with Gasteiger partial charge in [-0.1, -0.05) is 65.7 Å². The molecule has 164 valence electrons. The summed E-state index contributed by atoms with van der Waals surface area (Å²) in [4.78, 5) is 27.0. The van der Waals surface area contributed by atoms with E-state index in [1.807, 2.05) is 42.5 Å². The minimum absolute atomic E-state index is 0.206. The molecule has 4 aromatic carbocycles. The van der Waals surface area contributed by atoms with Gasteiger partial charge in [-0.3, -0.25) is 9.59 Å². The van der Waals surface area contributed by atoms with Crippen LogP contribution >= 0.6 is 35.0 Å². The number of hydrogen-bond donors (Lipinski definition) is 1. The van der Waals surface area contributed by atoms with Gasteiger partial charge in [-0.2, -0.15) is 0 Å². The smallest absolute Gasteiger partial charge is 0.255 e. The van der Waals surface area contributed by atoms with Crippen LogP contribution in [0.4, 0.5) is 5.69 Å². The van der Waals surface area contributed by atoms with Crippen molar-refractivity contribution in [1.29, 1.82) is 0 Å². The van der Waals surface area contributed by atoms with Crippen molar-refractivity contribution in [2.24, 2.45) is 0 Å². The quantitative estimate of drug-likeness (QED) is 0.212. The Balaban J connectivity index is 1.46. The van der Waals surface area contributed by atoms with E-state index in [4.69, 9.17) is 23.2 Å². The Bertz CT molecular complexity index is 1270. The van der Waals surface area contributed by atoms with Crippen LogP contribution in [0.1, 0.15) is 31.8 Å². The Morgan fingerprint density at radius 1 is 0.727 bits per heavy atom. The molecule has 3 nitrogen and oxygen atoms in total. The molecular formula is C27H19Cl2NO2S. The molecule has 33 heavy (non-hydrogen) atoms. The first-order chi connectivity index (χ1) is 16.0. The van der Waals surface area contributed by atoms with Gasteiger partial charge in [0, 0.05) is 37.4 Å². The van der Waals surface area contributed by atoms with E-state index < -0.39 is 0 Å². The highest BCUT2D eigenvalue weighted by atomic mass is 35.5. The van der Waals surface area contributed by atoms with E-state index in [2.05, 4.69) is 5.32 Å². The van der Waals surface area contributed by atoms with Crippen LogP contribution in [0, 0.1) is 0 Å². The molecule has 1 N–H and O–H groups in total. The van der Waals surface area contributed by atoms with Crippen LogP contribution < -0.4 is 5.32 Å². The van der Waals surface area contributed by atoms with Crippen LogP contribution in [0.2, 0.25) is 10.0 Å². The van der Waals surface area contributed by atoms with Gasteiger partial charge in [0.25, 0.3) is 5.91 Å². The number of nitrogens with one attached hydrogen (secondary N) is 1. The summed E-state index contributed by atoms with van der Waals surface area (Å²) in [6.07, 6.45) is 0. The molecule has 0 aliphatic heterocycles. The molecule has 0 fully saturated rings. The van der Waals surface area contributed by atoms with Gasteiger partial charge in [0.1, 0.15) is 0 Å². The van der Waals surface area contributed by atoms with E-state index in [-0.39, 0.29) is 11.7 Å². The fraction of sp³-hybridized carbons (Fsp3) is 0.0370. The zero-order chi connectivity index (χ0) is 23.2. The maximum atomic E-state index is 13.0. The van der Waals surface area contributed by atoms with Crippen molar-refractivity contribution in [3.8, 4) is 0 Å². The molecule has 0 saturated carbocycles. The number of halogens is 2. The summed E-state index contributed by atoms with van der Waals surface area (Å²) in [6, 6.07) is 28.9. The molecular weight excluding hydrogens is 473 g/mol. The Labute approximate surface area is 206 Å². The van der Waals surface area contributed by atoms with Gasteiger partial charge in [0.15, 0.2) is 5.78 Å². The highest BCUT2D eigenvalue weighted by Crippen LogP contribution is 2.26. The number of thioether (sulfide) groups is 1. The molecule has 6 heteroatoms. The largest absolute Gasteiger partial charge is 0.321 e. The van der Waals surface area contributed by atoms with Gasteiger partial charge in [-0.15, -0.1) is 11.8 Å². The van der Waals surface area contributed by atoms with E-state index in [1.54, 1.807) is 66.4 Å². The van der Waals surface area contributed by atoms with Crippen molar-refractivity contribution in [1.82, 2.24) is 0 Å². The second-order valence-electron chi connectivity index (χ2n) is 7.28. The van der Waals surface area contributed by atoms with Crippen molar-refractivity contribution in [2.45, 2.75) is 10.6 Å². The molecule has 0 aromatic heterocycles. The fourth-order valence-corrected chi connectivity index (χ4v) is 4.36. The highest BCUT2D eigenvalue weighted by Gasteiger charge is 2.16. The third-order valence-corrected chi connectivity index (χ3v) is 6.52. The second-order valence-corrected chi connectivity index (χ2v) is 9.20. The summed E-state index contributed by atoms with van der Waals surface area (Å²) < 4.78 is 0. The molecule has 0 unspecified atom stereocenters. The first kappa shape index (κ1) is 23.1. The van der Waals surface area contributed by atoms with Crippen molar-refractivity contribution in [3.63, 3.8) is 0 Å².